The van der Waals surface area contributed by atoms with Gasteiger partial charge in [-0.1, -0.05) is 60.7 Å². The number of methoxy groups -OCH3 is 1. The number of fused-ring (bicyclic) bond motifs is 1. The molecule has 0 radical (unpaired) electrons. The Morgan fingerprint density at radius 2 is 1.62 bits per heavy atom. The molecule has 0 spiro atoms. The molecule has 0 unspecified atom stereocenters. The Hall–Kier alpha value is -5.17. The van der Waals surface area contributed by atoms with E-state index in [1.807, 2.05) is 97.9 Å². The van der Waals surface area contributed by atoms with E-state index < -0.39 is 0 Å². The molecular weight excluding hydrogens is 502 g/mol. The van der Waals surface area contributed by atoms with Gasteiger partial charge in [-0.2, -0.15) is 5.10 Å². The first kappa shape index (κ1) is 26.4. The molecule has 0 fully saturated rings. The summed E-state index contributed by atoms with van der Waals surface area (Å²) in [4.78, 5) is 18.1. The number of aromatic nitrogens is 1. The summed E-state index contributed by atoms with van der Waals surface area (Å²) in [5.41, 5.74) is 7.09. The number of hydrogen-bond donors (Lipinski definition) is 1. The highest BCUT2D eigenvalue weighted by Crippen LogP contribution is 2.32. The summed E-state index contributed by atoms with van der Waals surface area (Å²) in [5, 5.41) is 4.94. The van der Waals surface area contributed by atoms with Crippen LogP contribution in [0.25, 0.3) is 22.2 Å². The highest BCUT2D eigenvalue weighted by Gasteiger charge is 2.16. The van der Waals surface area contributed by atoms with Gasteiger partial charge >= 0.3 is 0 Å². The number of nitrogens with zero attached hydrogens (tertiary/aromatic N) is 2. The van der Waals surface area contributed by atoms with Gasteiger partial charge in [-0.15, -0.1) is 0 Å². The average molecular weight is 532 g/mol. The molecule has 0 saturated carbocycles. The first-order valence-electron chi connectivity index (χ1n) is 13.0. The lowest BCUT2D eigenvalue weighted by molar-refractivity contribution is 0.0956. The lowest BCUT2D eigenvalue weighted by atomic mass is 10.0. The SMILES string of the molecule is CCOc1ccccc1-c1cc(C(=O)N/N=C/c2ccc(OCc3ccccc3)c(OC)c2)c2ccccc2n1. The predicted molar refractivity (Wildman–Crippen MR) is 157 cm³/mol. The molecule has 0 aliphatic rings. The number of benzene rings is 4. The summed E-state index contributed by atoms with van der Waals surface area (Å²) in [5.74, 6) is 1.56. The fourth-order valence-corrected chi connectivity index (χ4v) is 4.31. The number of rotatable bonds is 10. The molecule has 1 heterocycles. The summed E-state index contributed by atoms with van der Waals surface area (Å²) in [6.45, 7) is 2.89. The molecule has 5 rings (SSSR count). The van der Waals surface area contributed by atoms with E-state index in [4.69, 9.17) is 19.2 Å². The number of amides is 1. The van der Waals surface area contributed by atoms with Crippen molar-refractivity contribution in [3.63, 3.8) is 0 Å². The van der Waals surface area contributed by atoms with Crippen LogP contribution in [0.15, 0.2) is 108 Å². The van der Waals surface area contributed by atoms with Gasteiger partial charge in [0, 0.05) is 10.9 Å². The van der Waals surface area contributed by atoms with E-state index in [0.29, 0.717) is 47.2 Å². The van der Waals surface area contributed by atoms with E-state index in [2.05, 4.69) is 10.5 Å². The van der Waals surface area contributed by atoms with Crippen LogP contribution in [0.1, 0.15) is 28.4 Å². The van der Waals surface area contributed by atoms with Gasteiger partial charge in [0.25, 0.3) is 5.91 Å². The zero-order valence-corrected chi connectivity index (χ0v) is 22.3. The molecule has 1 amide bonds. The molecule has 7 nitrogen and oxygen atoms in total. The van der Waals surface area contributed by atoms with Crippen molar-refractivity contribution in [3.05, 3.63) is 120 Å². The van der Waals surface area contributed by atoms with Crippen molar-refractivity contribution in [2.24, 2.45) is 5.10 Å². The quantitative estimate of drug-likeness (QED) is 0.161. The van der Waals surface area contributed by atoms with Crippen LogP contribution >= 0.6 is 0 Å². The highest BCUT2D eigenvalue weighted by molar-refractivity contribution is 6.07. The molecule has 0 bridgehead atoms. The maximum absolute atomic E-state index is 13.3. The molecule has 5 aromatic rings. The number of pyridine rings is 1. The number of carbonyl (C=O) groups is 1. The van der Waals surface area contributed by atoms with Gasteiger partial charge in [-0.25, -0.2) is 10.4 Å². The molecule has 0 aliphatic heterocycles. The van der Waals surface area contributed by atoms with Crippen LogP contribution < -0.4 is 19.6 Å². The van der Waals surface area contributed by atoms with Crippen LogP contribution in [0.2, 0.25) is 0 Å². The average Bonchev–Trinajstić information content (AvgIpc) is 3.00. The molecule has 0 atom stereocenters. The first-order valence-corrected chi connectivity index (χ1v) is 13.0. The number of nitrogens with one attached hydrogen (secondary N) is 1. The zero-order valence-electron chi connectivity index (χ0n) is 22.3. The minimum atomic E-state index is -0.347. The van der Waals surface area contributed by atoms with Crippen molar-refractivity contribution in [3.8, 4) is 28.5 Å². The third kappa shape index (κ3) is 6.10. The number of hydrazone groups is 1. The molecular formula is C33H29N3O4. The van der Waals surface area contributed by atoms with Crippen LogP contribution in [0.5, 0.6) is 17.2 Å². The van der Waals surface area contributed by atoms with Crippen LogP contribution in [-0.4, -0.2) is 30.8 Å². The van der Waals surface area contributed by atoms with Crippen molar-refractivity contribution in [1.29, 1.82) is 0 Å². The largest absolute Gasteiger partial charge is 0.493 e. The Morgan fingerprint density at radius 1 is 0.850 bits per heavy atom. The number of carbonyl (C=O) groups excluding carboxylic acids is 1. The fourth-order valence-electron chi connectivity index (χ4n) is 4.31. The number of ether oxygens (including phenoxy) is 3. The fraction of sp³-hybridized carbons (Fsp3) is 0.121. The van der Waals surface area contributed by atoms with Gasteiger partial charge in [-0.05, 0) is 60.5 Å². The first-order chi connectivity index (χ1) is 19.7. The van der Waals surface area contributed by atoms with Crippen LogP contribution in [-0.2, 0) is 6.61 Å². The van der Waals surface area contributed by atoms with Crippen molar-refractivity contribution in [2.75, 3.05) is 13.7 Å². The van der Waals surface area contributed by atoms with Crippen LogP contribution in [0.3, 0.4) is 0 Å². The minimum Gasteiger partial charge on any atom is -0.493 e. The van der Waals surface area contributed by atoms with Gasteiger partial charge in [0.2, 0.25) is 0 Å². The second-order valence-electron chi connectivity index (χ2n) is 8.89. The Bertz CT molecular complexity index is 1650. The lowest BCUT2D eigenvalue weighted by Crippen LogP contribution is -2.18. The van der Waals surface area contributed by atoms with Crippen molar-refractivity contribution in [1.82, 2.24) is 10.4 Å². The van der Waals surface area contributed by atoms with Gasteiger partial charge in [0.15, 0.2) is 11.5 Å². The molecule has 4 aromatic carbocycles. The van der Waals surface area contributed by atoms with Crippen molar-refractivity contribution in [2.45, 2.75) is 13.5 Å². The van der Waals surface area contributed by atoms with Gasteiger partial charge in [0.05, 0.1) is 36.7 Å². The summed E-state index contributed by atoms with van der Waals surface area (Å²) in [6, 6.07) is 32.4. The molecule has 1 aromatic heterocycles. The van der Waals surface area contributed by atoms with Gasteiger partial charge in [0.1, 0.15) is 12.4 Å². The van der Waals surface area contributed by atoms with E-state index >= 15 is 0 Å². The molecule has 7 heteroatoms. The maximum Gasteiger partial charge on any atom is 0.272 e. The second kappa shape index (κ2) is 12.6. The topological polar surface area (TPSA) is 82.0 Å². The molecule has 0 aliphatic carbocycles. The second-order valence-corrected chi connectivity index (χ2v) is 8.89. The third-order valence-electron chi connectivity index (χ3n) is 6.23. The van der Waals surface area contributed by atoms with E-state index in [9.17, 15) is 4.79 Å². The standard InChI is InChI=1S/C33H29N3O4/c1-3-39-30-16-10-8-14-26(30)29-20-27(25-13-7-9-15-28(25)35-29)33(37)36-34-21-24-17-18-31(32(19-24)38-2)40-22-23-11-5-4-6-12-23/h4-21H,3,22H2,1-2H3,(H,36,37)/b34-21+. The van der Waals surface area contributed by atoms with Crippen molar-refractivity contribution >= 4 is 23.0 Å². The monoisotopic (exact) mass is 531 g/mol. The van der Waals surface area contributed by atoms with E-state index in [0.717, 1.165) is 22.1 Å². The number of para-hydroxylation sites is 2. The van der Waals surface area contributed by atoms with Crippen LogP contribution in [0, 0.1) is 0 Å². The summed E-state index contributed by atoms with van der Waals surface area (Å²) < 4.78 is 17.2. The molecule has 40 heavy (non-hydrogen) atoms. The van der Waals surface area contributed by atoms with Crippen molar-refractivity contribution < 1.29 is 19.0 Å². The summed E-state index contributed by atoms with van der Waals surface area (Å²) >= 11 is 0. The van der Waals surface area contributed by atoms with Gasteiger partial charge < -0.3 is 14.2 Å². The summed E-state index contributed by atoms with van der Waals surface area (Å²) in [7, 11) is 1.59. The Kier molecular flexibility index (Phi) is 8.32. The Balaban J connectivity index is 1.35. The van der Waals surface area contributed by atoms with E-state index in [-0.39, 0.29) is 5.91 Å². The zero-order chi connectivity index (χ0) is 27.7. The number of hydrogen-bond acceptors (Lipinski definition) is 6. The molecule has 0 saturated heterocycles. The van der Waals surface area contributed by atoms with E-state index in [1.54, 1.807) is 25.5 Å². The Labute approximate surface area is 233 Å². The van der Waals surface area contributed by atoms with E-state index in [1.165, 1.54) is 0 Å². The van der Waals surface area contributed by atoms with Gasteiger partial charge in [-0.3, -0.25) is 4.79 Å². The van der Waals surface area contributed by atoms with Crippen LogP contribution in [0.4, 0.5) is 0 Å². The predicted octanol–water partition coefficient (Wildman–Crippen LogP) is 6.65. The minimum absolute atomic E-state index is 0.347. The molecule has 1 N–H and O–H groups in total. The highest BCUT2D eigenvalue weighted by atomic mass is 16.5. The smallest absolute Gasteiger partial charge is 0.272 e. The molecule has 200 valence electrons. The maximum atomic E-state index is 13.3. The third-order valence-corrected chi connectivity index (χ3v) is 6.23. The normalized spacial score (nSPS) is 10.9. The lowest BCUT2D eigenvalue weighted by Gasteiger charge is -2.12. The summed E-state index contributed by atoms with van der Waals surface area (Å²) in [6.07, 6.45) is 1.57. The Morgan fingerprint density at radius 3 is 2.45 bits per heavy atom.